The van der Waals surface area contributed by atoms with Gasteiger partial charge in [0.15, 0.2) is 6.23 Å². The first-order valence-corrected chi connectivity index (χ1v) is 12.4. The third-order valence-corrected chi connectivity index (χ3v) is 5.48. The predicted molar refractivity (Wildman–Crippen MR) is 121 cm³/mol. The van der Waals surface area contributed by atoms with E-state index in [-0.39, 0.29) is 5.97 Å². The fourth-order valence-corrected chi connectivity index (χ4v) is 3.61. The first-order valence-electron chi connectivity index (χ1n) is 11.8. The SMILES string of the molecule is CCCCCCCCCCCC(N)OC(=O)CCCCCCCCCCS. The molecule has 0 aromatic rings. The Hall–Kier alpha value is -0.220. The molecule has 1 atom stereocenters. The van der Waals surface area contributed by atoms with Crippen molar-refractivity contribution in [3.05, 3.63) is 0 Å². The smallest absolute Gasteiger partial charge is 0.307 e. The third-order valence-electron chi connectivity index (χ3n) is 5.16. The lowest BCUT2D eigenvalue weighted by Crippen LogP contribution is -2.26. The fourth-order valence-electron chi connectivity index (χ4n) is 3.38. The highest BCUT2D eigenvalue weighted by Gasteiger charge is 2.09. The number of rotatable bonds is 21. The van der Waals surface area contributed by atoms with Gasteiger partial charge < -0.3 is 4.74 Å². The summed E-state index contributed by atoms with van der Waals surface area (Å²) in [5.41, 5.74) is 5.93. The first-order chi connectivity index (χ1) is 13.2. The highest BCUT2D eigenvalue weighted by Crippen LogP contribution is 2.13. The van der Waals surface area contributed by atoms with Gasteiger partial charge >= 0.3 is 5.97 Å². The number of hydrogen-bond donors (Lipinski definition) is 2. The minimum absolute atomic E-state index is 0.118. The van der Waals surface area contributed by atoms with Gasteiger partial charge in [-0.15, -0.1) is 0 Å². The molecule has 2 N–H and O–H groups in total. The van der Waals surface area contributed by atoms with Crippen molar-refractivity contribution in [1.82, 2.24) is 0 Å². The van der Waals surface area contributed by atoms with E-state index in [9.17, 15) is 4.79 Å². The molecule has 162 valence electrons. The van der Waals surface area contributed by atoms with Crippen LogP contribution in [0.5, 0.6) is 0 Å². The van der Waals surface area contributed by atoms with Crippen LogP contribution in [0, 0.1) is 0 Å². The van der Waals surface area contributed by atoms with E-state index < -0.39 is 6.23 Å². The Kier molecular flexibility index (Phi) is 21.9. The highest BCUT2D eigenvalue weighted by molar-refractivity contribution is 7.80. The van der Waals surface area contributed by atoms with E-state index in [4.69, 9.17) is 10.5 Å². The number of nitrogens with two attached hydrogens (primary N) is 1. The molecule has 0 aliphatic rings. The molecule has 0 radical (unpaired) electrons. The molecule has 0 rings (SSSR count). The van der Waals surface area contributed by atoms with Gasteiger partial charge in [0.1, 0.15) is 0 Å². The van der Waals surface area contributed by atoms with Gasteiger partial charge in [-0.05, 0) is 31.4 Å². The molecular weight excluding hydrogens is 354 g/mol. The lowest BCUT2D eigenvalue weighted by atomic mass is 10.1. The van der Waals surface area contributed by atoms with Crippen LogP contribution in [0.15, 0.2) is 0 Å². The zero-order valence-electron chi connectivity index (χ0n) is 18.1. The summed E-state index contributed by atoms with van der Waals surface area (Å²) in [5.74, 6) is 0.885. The van der Waals surface area contributed by atoms with Gasteiger partial charge in [-0.3, -0.25) is 10.5 Å². The molecule has 0 aromatic carbocycles. The maximum Gasteiger partial charge on any atom is 0.307 e. The van der Waals surface area contributed by atoms with Crippen molar-refractivity contribution in [3.8, 4) is 0 Å². The molecule has 0 spiro atoms. The molecule has 4 heteroatoms. The van der Waals surface area contributed by atoms with Crippen LogP contribution in [0.25, 0.3) is 0 Å². The van der Waals surface area contributed by atoms with Crippen LogP contribution in [0.3, 0.4) is 0 Å². The van der Waals surface area contributed by atoms with E-state index in [0.717, 1.165) is 31.4 Å². The Morgan fingerprint density at radius 3 is 1.70 bits per heavy atom. The van der Waals surface area contributed by atoms with E-state index >= 15 is 0 Å². The summed E-state index contributed by atoms with van der Waals surface area (Å²) in [6.45, 7) is 2.25. The van der Waals surface area contributed by atoms with Crippen molar-refractivity contribution < 1.29 is 9.53 Å². The summed E-state index contributed by atoms with van der Waals surface area (Å²) >= 11 is 4.23. The normalized spacial score (nSPS) is 12.3. The highest BCUT2D eigenvalue weighted by atomic mass is 32.1. The lowest BCUT2D eigenvalue weighted by molar-refractivity contribution is -0.149. The molecule has 0 heterocycles. The van der Waals surface area contributed by atoms with Crippen LogP contribution < -0.4 is 5.73 Å². The summed E-state index contributed by atoms with van der Waals surface area (Å²) in [7, 11) is 0. The Bertz CT molecular complexity index is 313. The van der Waals surface area contributed by atoms with Gasteiger partial charge in [-0.2, -0.15) is 12.6 Å². The van der Waals surface area contributed by atoms with E-state index in [1.807, 2.05) is 0 Å². The van der Waals surface area contributed by atoms with Crippen molar-refractivity contribution >= 4 is 18.6 Å². The number of unbranched alkanes of at least 4 members (excludes halogenated alkanes) is 15. The summed E-state index contributed by atoms with van der Waals surface area (Å²) < 4.78 is 5.33. The van der Waals surface area contributed by atoms with Crippen molar-refractivity contribution in [3.63, 3.8) is 0 Å². The van der Waals surface area contributed by atoms with Gasteiger partial charge in [0, 0.05) is 6.42 Å². The van der Waals surface area contributed by atoms with Crippen molar-refractivity contribution in [2.45, 2.75) is 135 Å². The summed E-state index contributed by atoms with van der Waals surface area (Å²) in [6.07, 6.45) is 22.3. The molecule has 3 nitrogen and oxygen atoms in total. The molecule has 27 heavy (non-hydrogen) atoms. The second-order valence-electron chi connectivity index (χ2n) is 7.95. The van der Waals surface area contributed by atoms with Crippen LogP contribution >= 0.6 is 12.6 Å². The van der Waals surface area contributed by atoms with E-state index in [1.54, 1.807) is 0 Å². The average Bonchev–Trinajstić information content (AvgIpc) is 2.65. The number of esters is 1. The predicted octanol–water partition coefficient (Wildman–Crippen LogP) is 7.18. The molecule has 0 aliphatic carbocycles. The number of ether oxygens (including phenoxy) is 1. The zero-order chi connectivity index (χ0) is 20.0. The Morgan fingerprint density at radius 2 is 1.19 bits per heavy atom. The van der Waals surface area contributed by atoms with E-state index in [2.05, 4.69) is 19.6 Å². The molecule has 0 aliphatic heterocycles. The minimum Gasteiger partial charge on any atom is -0.447 e. The minimum atomic E-state index is -0.408. The molecule has 0 aromatic heterocycles. The van der Waals surface area contributed by atoms with E-state index in [0.29, 0.717) is 6.42 Å². The number of thiol groups is 1. The van der Waals surface area contributed by atoms with E-state index in [1.165, 1.54) is 89.9 Å². The molecule has 0 fully saturated rings. The first kappa shape index (κ1) is 26.8. The molecule has 0 saturated heterocycles. The molecule has 1 unspecified atom stereocenters. The molecule has 0 saturated carbocycles. The van der Waals surface area contributed by atoms with Crippen LogP contribution in [-0.4, -0.2) is 18.0 Å². The van der Waals surface area contributed by atoms with Crippen molar-refractivity contribution in [1.29, 1.82) is 0 Å². The summed E-state index contributed by atoms with van der Waals surface area (Å²) in [5, 5.41) is 0. The molecule has 0 bridgehead atoms. The second-order valence-corrected chi connectivity index (χ2v) is 8.39. The zero-order valence-corrected chi connectivity index (χ0v) is 19.0. The van der Waals surface area contributed by atoms with Crippen LogP contribution in [0.1, 0.15) is 129 Å². The van der Waals surface area contributed by atoms with Crippen molar-refractivity contribution in [2.24, 2.45) is 5.73 Å². The molecule has 0 amide bonds. The Balaban J connectivity index is 3.32. The number of carbonyl (C=O) groups is 1. The largest absolute Gasteiger partial charge is 0.447 e. The van der Waals surface area contributed by atoms with Crippen LogP contribution in [0.4, 0.5) is 0 Å². The standard InChI is InChI=1S/C23H47NO2S/c1-2-3-4-5-6-7-10-13-16-19-22(24)26-23(25)20-17-14-11-8-9-12-15-18-21-27/h22,27H,2-21,24H2,1H3. The van der Waals surface area contributed by atoms with Crippen molar-refractivity contribution in [2.75, 3.05) is 5.75 Å². The number of carbonyl (C=O) groups excluding carboxylic acids is 1. The van der Waals surface area contributed by atoms with Gasteiger partial charge in [0.05, 0.1) is 0 Å². The van der Waals surface area contributed by atoms with Gasteiger partial charge in [0.2, 0.25) is 0 Å². The average molecular weight is 402 g/mol. The lowest BCUT2D eigenvalue weighted by Gasteiger charge is -2.13. The summed E-state index contributed by atoms with van der Waals surface area (Å²) in [6, 6.07) is 0. The Labute approximate surface area is 175 Å². The quantitative estimate of drug-likeness (QED) is 0.0927. The second kappa shape index (κ2) is 22.1. The topological polar surface area (TPSA) is 52.3 Å². The van der Waals surface area contributed by atoms with Gasteiger partial charge in [-0.1, -0.05) is 96.8 Å². The molecular formula is C23H47NO2S. The van der Waals surface area contributed by atoms with Gasteiger partial charge in [-0.25, -0.2) is 0 Å². The number of hydrogen-bond acceptors (Lipinski definition) is 4. The maximum absolute atomic E-state index is 11.8. The van der Waals surface area contributed by atoms with Crippen LogP contribution in [0.2, 0.25) is 0 Å². The Morgan fingerprint density at radius 1 is 0.741 bits per heavy atom. The summed E-state index contributed by atoms with van der Waals surface area (Å²) in [4.78, 5) is 11.8. The third kappa shape index (κ3) is 21.9. The fraction of sp³-hybridized carbons (Fsp3) is 0.957. The van der Waals surface area contributed by atoms with Crippen LogP contribution in [-0.2, 0) is 9.53 Å². The van der Waals surface area contributed by atoms with Gasteiger partial charge in [0.25, 0.3) is 0 Å². The monoisotopic (exact) mass is 401 g/mol. The maximum atomic E-state index is 11.8.